The average Bonchev–Trinajstić information content (AvgIpc) is 3.60. The summed E-state index contributed by atoms with van der Waals surface area (Å²) in [4.78, 5) is 39.9. The molecule has 2 amide bonds. The molecule has 2 aromatic carbocycles. The van der Waals surface area contributed by atoms with Crippen LogP contribution in [-0.2, 0) is 16.1 Å². The van der Waals surface area contributed by atoms with Crippen LogP contribution in [0.3, 0.4) is 0 Å². The number of alkyl carbamates (subject to hydrolysis) is 1. The first kappa shape index (κ1) is 22.6. The number of hydrogen-bond donors (Lipinski definition) is 3. The molecule has 1 saturated carbocycles. The van der Waals surface area contributed by atoms with Crippen molar-refractivity contribution in [2.24, 2.45) is 11.8 Å². The van der Waals surface area contributed by atoms with E-state index >= 15 is 0 Å². The summed E-state index contributed by atoms with van der Waals surface area (Å²) in [6.45, 7) is 0.765. The van der Waals surface area contributed by atoms with Crippen molar-refractivity contribution in [3.63, 3.8) is 0 Å². The lowest BCUT2D eigenvalue weighted by Crippen LogP contribution is -2.30. The van der Waals surface area contributed by atoms with Gasteiger partial charge in [0.15, 0.2) is 0 Å². The molecule has 0 radical (unpaired) electrons. The van der Waals surface area contributed by atoms with E-state index in [1.807, 2.05) is 24.3 Å². The van der Waals surface area contributed by atoms with Crippen LogP contribution in [0.5, 0.6) is 0 Å². The van der Waals surface area contributed by atoms with Crippen LogP contribution in [0.25, 0.3) is 11.1 Å². The average molecular weight is 472 g/mol. The number of nitrogens with zero attached hydrogens (tertiary/aromatic N) is 1. The lowest BCUT2D eigenvalue weighted by atomic mass is 9.98. The van der Waals surface area contributed by atoms with Crippen LogP contribution in [0.4, 0.5) is 4.79 Å². The summed E-state index contributed by atoms with van der Waals surface area (Å²) < 4.78 is 5.54. The van der Waals surface area contributed by atoms with Gasteiger partial charge in [0.05, 0.1) is 17.8 Å². The lowest BCUT2D eigenvalue weighted by Gasteiger charge is -2.14. The van der Waals surface area contributed by atoms with Crippen LogP contribution in [-0.4, -0.2) is 41.2 Å². The number of aromatic nitrogens is 1. The van der Waals surface area contributed by atoms with Gasteiger partial charge < -0.3 is 20.5 Å². The van der Waals surface area contributed by atoms with Crippen molar-refractivity contribution >= 4 is 18.0 Å². The molecule has 0 aliphatic heterocycles. The number of rotatable bonds is 8. The lowest BCUT2D eigenvalue weighted by molar-refractivity contribution is -0.122. The minimum Gasteiger partial charge on any atom is -0.478 e. The molecule has 2 aliphatic carbocycles. The van der Waals surface area contributed by atoms with Crippen LogP contribution in [0, 0.1) is 11.8 Å². The van der Waals surface area contributed by atoms with Gasteiger partial charge in [-0.3, -0.25) is 9.78 Å². The maximum Gasteiger partial charge on any atom is 0.407 e. The molecule has 8 nitrogen and oxygen atoms in total. The molecule has 3 N–H and O–H groups in total. The fourth-order valence-corrected chi connectivity index (χ4v) is 4.67. The summed E-state index contributed by atoms with van der Waals surface area (Å²) in [5.74, 6) is -1.31. The van der Waals surface area contributed by atoms with Crippen molar-refractivity contribution in [2.75, 3.05) is 13.2 Å². The van der Waals surface area contributed by atoms with E-state index in [1.165, 1.54) is 29.5 Å². The van der Waals surface area contributed by atoms with Gasteiger partial charge in [0.1, 0.15) is 6.61 Å². The number of hydrogen-bond acceptors (Lipinski definition) is 5. The molecule has 5 rings (SSSR count). The van der Waals surface area contributed by atoms with Gasteiger partial charge in [-0.2, -0.15) is 0 Å². The quantitative estimate of drug-likeness (QED) is 0.462. The summed E-state index contributed by atoms with van der Waals surface area (Å²) in [6.07, 6.45) is 1.59. The number of nitrogens with one attached hydrogen (secondary N) is 2. The summed E-state index contributed by atoms with van der Waals surface area (Å²) in [7, 11) is 0. The third kappa shape index (κ3) is 4.87. The first-order chi connectivity index (χ1) is 17.0. The highest BCUT2D eigenvalue weighted by Gasteiger charge is 2.43. The first-order valence-electron chi connectivity index (χ1n) is 11.6. The highest BCUT2D eigenvalue weighted by molar-refractivity contribution is 5.87. The van der Waals surface area contributed by atoms with Crippen LogP contribution >= 0.6 is 0 Å². The van der Waals surface area contributed by atoms with E-state index in [4.69, 9.17) is 9.84 Å². The highest BCUT2D eigenvalue weighted by atomic mass is 16.5. The maximum atomic E-state index is 12.4. The molecule has 178 valence electrons. The van der Waals surface area contributed by atoms with E-state index in [0.29, 0.717) is 18.7 Å². The van der Waals surface area contributed by atoms with Crippen LogP contribution in [0.1, 0.15) is 39.5 Å². The summed E-state index contributed by atoms with van der Waals surface area (Å²) >= 11 is 0. The molecule has 2 atom stereocenters. The van der Waals surface area contributed by atoms with Crippen LogP contribution in [0.15, 0.2) is 66.9 Å². The number of pyridine rings is 1. The van der Waals surface area contributed by atoms with Gasteiger partial charge in [-0.25, -0.2) is 9.59 Å². The normalized spacial score (nSPS) is 17.7. The zero-order chi connectivity index (χ0) is 24.4. The number of carbonyl (C=O) groups excluding carboxylic acids is 2. The fourth-order valence-electron chi connectivity index (χ4n) is 4.67. The monoisotopic (exact) mass is 471 g/mol. The van der Waals surface area contributed by atoms with E-state index in [1.54, 1.807) is 0 Å². The Bertz CT molecular complexity index is 1250. The molecule has 8 heteroatoms. The first-order valence-corrected chi connectivity index (χ1v) is 11.6. The Kier molecular flexibility index (Phi) is 6.18. The topological polar surface area (TPSA) is 118 Å². The van der Waals surface area contributed by atoms with Gasteiger partial charge in [0.2, 0.25) is 5.91 Å². The van der Waals surface area contributed by atoms with Gasteiger partial charge >= 0.3 is 12.1 Å². The number of carboxylic acids is 1. The molecular weight excluding hydrogens is 446 g/mol. The third-order valence-corrected chi connectivity index (χ3v) is 6.62. The molecule has 1 aromatic heterocycles. The predicted molar refractivity (Wildman–Crippen MR) is 128 cm³/mol. The molecule has 1 heterocycles. The molecule has 1 fully saturated rings. The molecule has 0 spiro atoms. The number of benzene rings is 2. The summed E-state index contributed by atoms with van der Waals surface area (Å²) in [5, 5.41) is 14.6. The number of aromatic carboxylic acids is 1. The van der Waals surface area contributed by atoms with Gasteiger partial charge in [-0.1, -0.05) is 48.5 Å². The van der Waals surface area contributed by atoms with E-state index in [2.05, 4.69) is 39.9 Å². The van der Waals surface area contributed by atoms with Crippen molar-refractivity contribution in [3.8, 4) is 11.1 Å². The SMILES string of the molecule is O=C(NCC1CC1C(=O)NCc1cc(C(=O)O)ccn1)OCC1c2ccccc2-c2ccccc21. The smallest absolute Gasteiger partial charge is 0.407 e. The van der Waals surface area contributed by atoms with Crippen molar-refractivity contribution in [1.82, 2.24) is 15.6 Å². The van der Waals surface area contributed by atoms with Gasteiger partial charge in [-0.15, -0.1) is 0 Å². The molecule has 35 heavy (non-hydrogen) atoms. The maximum absolute atomic E-state index is 12.4. The molecule has 2 unspecified atom stereocenters. The van der Waals surface area contributed by atoms with Crippen molar-refractivity contribution < 1.29 is 24.2 Å². The largest absolute Gasteiger partial charge is 0.478 e. The number of carbonyl (C=O) groups is 3. The minimum atomic E-state index is -1.04. The minimum absolute atomic E-state index is 0.000778. The molecule has 3 aromatic rings. The Morgan fingerprint density at radius 1 is 0.971 bits per heavy atom. The number of ether oxygens (including phenoxy) is 1. The van der Waals surface area contributed by atoms with Crippen molar-refractivity contribution in [1.29, 1.82) is 0 Å². The Balaban J connectivity index is 1.07. The number of fused-ring (bicyclic) bond motifs is 3. The van der Waals surface area contributed by atoms with Gasteiger partial charge in [0.25, 0.3) is 0 Å². The van der Waals surface area contributed by atoms with E-state index in [-0.39, 0.29) is 42.4 Å². The molecule has 2 aliphatic rings. The molecular formula is C27H25N3O5. The zero-order valence-corrected chi connectivity index (χ0v) is 18.9. The van der Waals surface area contributed by atoms with Crippen LogP contribution < -0.4 is 10.6 Å². The van der Waals surface area contributed by atoms with E-state index in [9.17, 15) is 14.4 Å². The van der Waals surface area contributed by atoms with E-state index < -0.39 is 12.1 Å². The zero-order valence-electron chi connectivity index (χ0n) is 18.9. The second-order valence-electron chi connectivity index (χ2n) is 8.87. The van der Waals surface area contributed by atoms with Crippen molar-refractivity contribution in [3.05, 3.63) is 89.2 Å². The number of amides is 2. The summed E-state index contributed by atoms with van der Waals surface area (Å²) in [6, 6.07) is 19.2. The Labute approximate surface area is 202 Å². The van der Waals surface area contributed by atoms with Gasteiger partial charge in [-0.05, 0) is 46.7 Å². The van der Waals surface area contributed by atoms with Gasteiger partial charge in [0, 0.05) is 24.6 Å². The molecule has 0 saturated heterocycles. The molecule has 0 bridgehead atoms. The fraction of sp³-hybridized carbons (Fsp3) is 0.259. The highest BCUT2D eigenvalue weighted by Crippen LogP contribution is 2.44. The second-order valence-corrected chi connectivity index (χ2v) is 8.87. The Morgan fingerprint density at radius 2 is 1.66 bits per heavy atom. The number of carboxylic acid groups (broad SMARTS) is 1. The third-order valence-electron chi connectivity index (χ3n) is 6.62. The van der Waals surface area contributed by atoms with E-state index in [0.717, 1.165) is 11.1 Å². The van der Waals surface area contributed by atoms with Crippen molar-refractivity contribution in [2.45, 2.75) is 18.9 Å². The van der Waals surface area contributed by atoms with Crippen LogP contribution in [0.2, 0.25) is 0 Å². The Morgan fingerprint density at radius 3 is 2.34 bits per heavy atom. The summed E-state index contributed by atoms with van der Waals surface area (Å²) in [5.41, 5.74) is 5.27. The Hall–Kier alpha value is -4.20. The standard InChI is InChI=1S/C27H25N3O5/c31-25(29-14-18-11-16(26(32)33)9-10-28-18)23-12-17(23)13-30-27(34)35-15-24-21-7-3-1-5-19(21)20-6-2-4-8-22(20)24/h1-11,17,23-24H,12-15H2,(H,29,31)(H,30,34)(H,32,33). The predicted octanol–water partition coefficient (Wildman–Crippen LogP) is 3.57. The second kappa shape index (κ2) is 9.58.